The molecule has 0 aromatic carbocycles. The molecule has 0 spiro atoms. The van der Waals surface area contributed by atoms with Gasteiger partial charge in [-0.1, -0.05) is 0 Å². The highest BCUT2D eigenvalue weighted by molar-refractivity contribution is 7.99. The fraction of sp³-hybridized carbons (Fsp3) is 0.417. The van der Waals surface area contributed by atoms with E-state index in [1.54, 1.807) is 29.5 Å². The molecule has 1 amide bonds. The van der Waals surface area contributed by atoms with Crippen LogP contribution in [0.15, 0.2) is 16.2 Å². The van der Waals surface area contributed by atoms with Gasteiger partial charge in [-0.15, -0.1) is 23.1 Å². The molecule has 0 fully saturated rings. The van der Waals surface area contributed by atoms with Crippen LogP contribution in [-0.2, 0) is 10.5 Å². The van der Waals surface area contributed by atoms with Gasteiger partial charge in [0.25, 0.3) is 5.56 Å². The van der Waals surface area contributed by atoms with Crippen molar-refractivity contribution in [2.24, 2.45) is 0 Å². The first-order valence-electron chi connectivity index (χ1n) is 5.73. The van der Waals surface area contributed by atoms with E-state index in [2.05, 4.69) is 4.98 Å². The number of aryl methyl sites for hydroxylation is 1. The molecule has 0 atom stereocenters. The van der Waals surface area contributed by atoms with E-state index in [1.807, 2.05) is 12.3 Å². The molecule has 0 radical (unpaired) electrons. The summed E-state index contributed by atoms with van der Waals surface area (Å²) < 4.78 is 1.60. The molecule has 0 N–H and O–H groups in total. The summed E-state index contributed by atoms with van der Waals surface area (Å²) in [7, 11) is 3.46. The molecule has 0 aliphatic rings. The van der Waals surface area contributed by atoms with E-state index in [-0.39, 0.29) is 11.5 Å². The number of nitrogens with zero attached hydrogens (tertiary/aromatic N) is 3. The summed E-state index contributed by atoms with van der Waals surface area (Å²) in [5.74, 6) is 1.04. The number of rotatable bonds is 4. The number of carbonyl (C=O) groups is 1. The molecular formula is C12H15N3O2S2. The molecular weight excluding hydrogens is 282 g/mol. The molecule has 102 valence electrons. The molecule has 0 saturated heterocycles. The van der Waals surface area contributed by atoms with Crippen LogP contribution in [0.4, 0.5) is 0 Å². The maximum Gasteiger partial charge on any atom is 0.258 e. The average Bonchev–Trinajstić information content (AvgIpc) is 2.71. The topological polar surface area (TPSA) is 54.7 Å². The SMILES string of the molecule is Cc1csc2nc(CSCC(=O)N(C)C)cc(=O)n12. The van der Waals surface area contributed by atoms with E-state index in [0.29, 0.717) is 16.5 Å². The van der Waals surface area contributed by atoms with Crippen LogP contribution < -0.4 is 5.56 Å². The van der Waals surface area contributed by atoms with Crippen LogP contribution in [-0.4, -0.2) is 40.0 Å². The Balaban J connectivity index is 2.10. The Morgan fingerprint density at radius 3 is 2.95 bits per heavy atom. The molecule has 0 aliphatic heterocycles. The van der Waals surface area contributed by atoms with Crippen molar-refractivity contribution in [3.8, 4) is 0 Å². The normalized spacial score (nSPS) is 10.9. The van der Waals surface area contributed by atoms with Gasteiger partial charge >= 0.3 is 0 Å². The second-order valence-corrected chi connectivity index (χ2v) is 6.18. The number of thiazole rings is 1. The van der Waals surface area contributed by atoms with Crippen LogP contribution in [0.2, 0.25) is 0 Å². The van der Waals surface area contributed by atoms with Crippen molar-refractivity contribution < 1.29 is 4.79 Å². The molecule has 2 aromatic rings. The summed E-state index contributed by atoms with van der Waals surface area (Å²) in [5, 5.41) is 1.91. The summed E-state index contributed by atoms with van der Waals surface area (Å²) in [6, 6.07) is 1.54. The van der Waals surface area contributed by atoms with Gasteiger partial charge in [0.1, 0.15) is 0 Å². The number of amides is 1. The van der Waals surface area contributed by atoms with Crippen LogP contribution >= 0.6 is 23.1 Å². The van der Waals surface area contributed by atoms with Crippen LogP contribution in [0.1, 0.15) is 11.4 Å². The number of carbonyl (C=O) groups excluding carboxylic acids is 1. The minimum atomic E-state index is -0.0571. The van der Waals surface area contributed by atoms with E-state index in [1.165, 1.54) is 23.1 Å². The number of fused-ring (bicyclic) bond motifs is 1. The van der Waals surface area contributed by atoms with Gasteiger partial charge in [0, 0.05) is 37.0 Å². The number of hydrogen-bond acceptors (Lipinski definition) is 5. The lowest BCUT2D eigenvalue weighted by atomic mass is 10.4. The molecule has 2 aromatic heterocycles. The quantitative estimate of drug-likeness (QED) is 0.855. The maximum atomic E-state index is 11.9. The fourth-order valence-electron chi connectivity index (χ4n) is 1.55. The van der Waals surface area contributed by atoms with E-state index < -0.39 is 0 Å². The molecule has 7 heteroatoms. The van der Waals surface area contributed by atoms with Gasteiger partial charge in [0.2, 0.25) is 5.91 Å². The first-order valence-corrected chi connectivity index (χ1v) is 7.77. The highest BCUT2D eigenvalue weighted by Gasteiger charge is 2.08. The molecule has 19 heavy (non-hydrogen) atoms. The molecule has 0 bridgehead atoms. The summed E-state index contributed by atoms with van der Waals surface area (Å²) in [6.45, 7) is 1.89. The van der Waals surface area contributed by atoms with E-state index in [9.17, 15) is 9.59 Å². The number of thioether (sulfide) groups is 1. The van der Waals surface area contributed by atoms with Gasteiger partial charge in [-0.25, -0.2) is 4.98 Å². The minimum Gasteiger partial charge on any atom is -0.348 e. The van der Waals surface area contributed by atoms with Crippen LogP contribution in [0.5, 0.6) is 0 Å². The van der Waals surface area contributed by atoms with Crippen molar-refractivity contribution >= 4 is 34.0 Å². The van der Waals surface area contributed by atoms with Crippen molar-refractivity contribution in [1.29, 1.82) is 0 Å². The Morgan fingerprint density at radius 1 is 1.53 bits per heavy atom. The van der Waals surface area contributed by atoms with Gasteiger partial charge < -0.3 is 4.90 Å². The van der Waals surface area contributed by atoms with Gasteiger partial charge in [-0.2, -0.15) is 0 Å². The Labute approximate surface area is 119 Å². The van der Waals surface area contributed by atoms with Gasteiger partial charge in [-0.3, -0.25) is 14.0 Å². The van der Waals surface area contributed by atoms with Crippen molar-refractivity contribution in [2.75, 3.05) is 19.8 Å². The first kappa shape index (κ1) is 14.1. The lowest BCUT2D eigenvalue weighted by molar-refractivity contribution is -0.125. The van der Waals surface area contributed by atoms with Crippen molar-refractivity contribution in [3.63, 3.8) is 0 Å². The Hall–Kier alpha value is -1.34. The fourth-order valence-corrected chi connectivity index (χ4v) is 3.33. The second kappa shape index (κ2) is 5.75. The minimum absolute atomic E-state index is 0.0571. The highest BCUT2D eigenvalue weighted by atomic mass is 32.2. The standard InChI is InChI=1S/C12H15N3O2S2/c1-8-5-19-12-13-9(4-10(16)15(8)12)6-18-7-11(17)14(2)3/h4-5H,6-7H2,1-3H3. The van der Waals surface area contributed by atoms with E-state index in [0.717, 1.165) is 11.4 Å². The molecule has 0 saturated carbocycles. The van der Waals surface area contributed by atoms with Crippen molar-refractivity contribution in [1.82, 2.24) is 14.3 Å². The third-order valence-electron chi connectivity index (χ3n) is 2.60. The molecule has 5 nitrogen and oxygen atoms in total. The molecule has 0 unspecified atom stereocenters. The zero-order valence-corrected chi connectivity index (χ0v) is 12.7. The lowest BCUT2D eigenvalue weighted by Crippen LogP contribution is -2.23. The first-order chi connectivity index (χ1) is 8.99. The van der Waals surface area contributed by atoms with Crippen molar-refractivity contribution in [3.05, 3.63) is 33.2 Å². The maximum absolute atomic E-state index is 11.9. The predicted molar refractivity (Wildman–Crippen MR) is 78.9 cm³/mol. The Morgan fingerprint density at radius 2 is 2.26 bits per heavy atom. The molecule has 0 aliphatic carbocycles. The van der Waals surface area contributed by atoms with E-state index >= 15 is 0 Å². The second-order valence-electron chi connectivity index (χ2n) is 4.36. The summed E-state index contributed by atoms with van der Waals surface area (Å²) in [6.07, 6.45) is 0. The monoisotopic (exact) mass is 297 g/mol. The van der Waals surface area contributed by atoms with Crippen LogP contribution in [0, 0.1) is 6.92 Å². The zero-order chi connectivity index (χ0) is 14.0. The average molecular weight is 297 g/mol. The predicted octanol–water partition coefficient (Wildman–Crippen LogP) is 1.39. The Kier molecular flexibility index (Phi) is 4.26. The largest absolute Gasteiger partial charge is 0.348 e. The molecule has 2 heterocycles. The lowest BCUT2D eigenvalue weighted by Gasteiger charge is -2.09. The Bertz CT molecular complexity index is 661. The van der Waals surface area contributed by atoms with Gasteiger partial charge in [-0.05, 0) is 6.92 Å². The summed E-state index contributed by atoms with van der Waals surface area (Å²) >= 11 is 2.92. The van der Waals surface area contributed by atoms with Crippen LogP contribution in [0.25, 0.3) is 4.96 Å². The smallest absolute Gasteiger partial charge is 0.258 e. The third kappa shape index (κ3) is 3.16. The highest BCUT2D eigenvalue weighted by Crippen LogP contribution is 2.14. The van der Waals surface area contributed by atoms with Crippen molar-refractivity contribution in [2.45, 2.75) is 12.7 Å². The number of hydrogen-bond donors (Lipinski definition) is 0. The zero-order valence-electron chi connectivity index (χ0n) is 11.0. The number of aromatic nitrogens is 2. The summed E-state index contributed by atoms with van der Waals surface area (Å²) in [5.41, 5.74) is 1.57. The third-order valence-corrected chi connectivity index (χ3v) is 4.50. The van der Waals surface area contributed by atoms with Crippen LogP contribution in [0.3, 0.4) is 0 Å². The van der Waals surface area contributed by atoms with E-state index in [4.69, 9.17) is 0 Å². The molecule has 2 rings (SSSR count). The summed E-state index contributed by atoms with van der Waals surface area (Å²) in [4.78, 5) is 30.1. The van der Waals surface area contributed by atoms with Gasteiger partial charge in [0.15, 0.2) is 4.96 Å². The van der Waals surface area contributed by atoms with Gasteiger partial charge in [0.05, 0.1) is 11.4 Å².